The van der Waals surface area contributed by atoms with Crippen LogP contribution in [0.2, 0.25) is 16.6 Å². The van der Waals surface area contributed by atoms with Crippen LogP contribution in [-0.4, -0.2) is 39.0 Å². The van der Waals surface area contributed by atoms with Gasteiger partial charge >= 0.3 is 0 Å². The molecule has 0 spiro atoms. The Hall–Kier alpha value is 1.88. The average molecular weight is 584 g/mol. The van der Waals surface area contributed by atoms with Crippen molar-refractivity contribution >= 4 is 48.8 Å². The summed E-state index contributed by atoms with van der Waals surface area (Å²) < 4.78 is 1.28. The summed E-state index contributed by atoms with van der Waals surface area (Å²) in [6.45, 7) is 26.7. The molecule has 0 aliphatic heterocycles. The van der Waals surface area contributed by atoms with Crippen LogP contribution in [0, 0.1) is 0 Å². The molecule has 0 aromatic carbocycles. The summed E-state index contributed by atoms with van der Waals surface area (Å²) in [7, 11) is -2.23. The second-order valence-corrected chi connectivity index (χ2v) is 12.1. The molecule has 0 aliphatic rings. The molecule has 0 N–H and O–H groups in total. The molecule has 7 heteroatoms. The summed E-state index contributed by atoms with van der Waals surface area (Å²) in [5.41, 5.74) is 1.09. The third-order valence-corrected chi connectivity index (χ3v) is 10.8. The standard InChI is InChI=1S/C9H21OSi.C8H20N.3S.W/c1-7(2)11(10,8(3)4)9(5)6;1-5-9(6-2,7-3)8-4;;;;/h7-9H,1-6H3;5-8H2,1-4H3;;;;/q-1;+1;3*-2;. The SMILES string of the molecule is CC(C)[Si]([O-])(C(C)C)C(C)C.CC[N+](CC)(CC)CC.[S-2].[S-2].[S-2].[W]. The molecular formula is C17H41NOS3SiW-6. The first-order valence-electron chi connectivity index (χ1n) is 8.63. The minimum absolute atomic E-state index is 0. The Labute approximate surface area is 190 Å². The molecule has 24 heavy (non-hydrogen) atoms. The van der Waals surface area contributed by atoms with Crippen LogP contribution in [0.5, 0.6) is 0 Å². The van der Waals surface area contributed by atoms with Crippen LogP contribution in [0.15, 0.2) is 0 Å². The van der Waals surface area contributed by atoms with Crippen LogP contribution in [0.3, 0.4) is 0 Å². The van der Waals surface area contributed by atoms with Crippen molar-refractivity contribution in [2.75, 3.05) is 26.2 Å². The minimum atomic E-state index is -2.23. The zero-order chi connectivity index (χ0) is 16.6. The summed E-state index contributed by atoms with van der Waals surface area (Å²) in [5, 5.41) is 0. The molecule has 0 bridgehead atoms. The van der Waals surface area contributed by atoms with Crippen molar-refractivity contribution in [3.8, 4) is 0 Å². The van der Waals surface area contributed by atoms with E-state index in [1.54, 1.807) is 0 Å². The van der Waals surface area contributed by atoms with Crippen LogP contribution in [0.1, 0.15) is 69.2 Å². The predicted octanol–water partition coefficient (Wildman–Crippen LogP) is 4.40. The zero-order valence-corrected chi connectivity index (χ0v) is 23.9. The molecule has 154 valence electrons. The van der Waals surface area contributed by atoms with Gasteiger partial charge in [0.1, 0.15) is 0 Å². The molecule has 0 unspecified atom stereocenters. The van der Waals surface area contributed by atoms with E-state index < -0.39 is 8.32 Å². The maximum atomic E-state index is 12.3. The summed E-state index contributed by atoms with van der Waals surface area (Å²) in [4.78, 5) is 12.3. The van der Waals surface area contributed by atoms with E-state index in [-0.39, 0.29) is 61.6 Å². The molecule has 0 amide bonds. The fourth-order valence-corrected chi connectivity index (χ4v) is 7.34. The van der Waals surface area contributed by atoms with Crippen LogP contribution >= 0.6 is 0 Å². The van der Waals surface area contributed by atoms with Crippen LogP contribution in [0.4, 0.5) is 0 Å². The van der Waals surface area contributed by atoms with Crippen LogP contribution in [0.25, 0.3) is 0 Å². The summed E-state index contributed by atoms with van der Waals surface area (Å²) in [6, 6.07) is 0. The van der Waals surface area contributed by atoms with E-state index >= 15 is 0 Å². The van der Waals surface area contributed by atoms with E-state index in [4.69, 9.17) is 0 Å². The van der Waals surface area contributed by atoms with E-state index in [1.165, 1.54) is 30.7 Å². The van der Waals surface area contributed by atoms with Gasteiger partial charge in [-0.15, -0.1) is 0 Å². The van der Waals surface area contributed by atoms with Crippen molar-refractivity contribution in [2.24, 2.45) is 0 Å². The zero-order valence-electron chi connectivity index (χ0n) is 17.5. The molecule has 0 heterocycles. The van der Waals surface area contributed by atoms with E-state index in [9.17, 15) is 4.80 Å². The van der Waals surface area contributed by atoms with Gasteiger partial charge in [0.15, 0.2) is 0 Å². The number of hydrogen-bond acceptors (Lipinski definition) is 1. The summed E-state index contributed by atoms with van der Waals surface area (Å²) >= 11 is 0. The van der Waals surface area contributed by atoms with Crippen molar-refractivity contribution < 1.29 is 30.3 Å². The topological polar surface area (TPSA) is 23.1 Å². The number of nitrogens with zero attached hydrogens (tertiary/aromatic N) is 1. The monoisotopic (exact) mass is 583 g/mol. The van der Waals surface area contributed by atoms with Crippen molar-refractivity contribution in [1.82, 2.24) is 0 Å². The van der Waals surface area contributed by atoms with Crippen LogP contribution in [-0.2, 0) is 61.6 Å². The molecular weight excluding hydrogens is 542 g/mol. The second kappa shape index (κ2) is 19.6. The van der Waals surface area contributed by atoms with Gasteiger partial charge in [0.25, 0.3) is 0 Å². The Kier molecular flexibility index (Phi) is 33.2. The molecule has 0 radical (unpaired) electrons. The van der Waals surface area contributed by atoms with Gasteiger partial charge in [-0.25, -0.2) is 0 Å². The molecule has 0 saturated heterocycles. The van der Waals surface area contributed by atoms with E-state index in [0.717, 1.165) is 0 Å². The van der Waals surface area contributed by atoms with Crippen molar-refractivity contribution in [1.29, 1.82) is 0 Å². The van der Waals surface area contributed by atoms with Gasteiger partial charge < -0.3 is 49.8 Å². The van der Waals surface area contributed by atoms with E-state index in [1.807, 2.05) is 0 Å². The second-order valence-electron chi connectivity index (χ2n) is 6.92. The Morgan fingerprint density at radius 1 is 0.625 bits per heavy atom. The molecule has 0 aliphatic carbocycles. The maximum absolute atomic E-state index is 12.3. The van der Waals surface area contributed by atoms with Crippen molar-refractivity contribution in [3.63, 3.8) is 0 Å². The van der Waals surface area contributed by atoms with E-state index in [0.29, 0.717) is 16.6 Å². The number of rotatable bonds is 7. The van der Waals surface area contributed by atoms with Gasteiger partial charge in [-0.3, -0.25) is 0 Å². The Balaban J connectivity index is -0.0000000586. The molecule has 0 aromatic rings. The van der Waals surface area contributed by atoms with Gasteiger partial charge in [0.05, 0.1) is 26.2 Å². The minimum Gasteiger partial charge on any atom is -2.00 e. The third-order valence-electron chi connectivity index (χ3n) is 5.39. The number of hydrogen-bond donors (Lipinski definition) is 0. The first kappa shape index (κ1) is 40.5. The van der Waals surface area contributed by atoms with Gasteiger partial charge in [-0.1, -0.05) is 58.2 Å². The van der Waals surface area contributed by atoms with Gasteiger partial charge in [0.2, 0.25) is 0 Å². The Bertz CT molecular complexity index is 215. The Morgan fingerprint density at radius 3 is 0.792 bits per heavy atom. The van der Waals surface area contributed by atoms with E-state index in [2.05, 4.69) is 69.2 Å². The molecule has 0 rings (SSSR count). The number of quaternary nitrogens is 1. The maximum Gasteiger partial charge on any atom is 0.0757 e. The fraction of sp³-hybridized carbons (Fsp3) is 1.00. The largest absolute Gasteiger partial charge is 2.00 e. The normalized spacial score (nSPS) is 10.8. The van der Waals surface area contributed by atoms with Gasteiger partial charge in [-0.2, -0.15) is 0 Å². The van der Waals surface area contributed by atoms with Gasteiger partial charge in [-0.05, 0) is 36.0 Å². The Morgan fingerprint density at radius 2 is 0.792 bits per heavy atom. The quantitative estimate of drug-likeness (QED) is 0.322. The first-order valence-corrected chi connectivity index (χ1v) is 10.8. The molecule has 0 saturated carbocycles. The molecule has 2 nitrogen and oxygen atoms in total. The molecule has 0 aromatic heterocycles. The molecule has 0 atom stereocenters. The van der Waals surface area contributed by atoms with Crippen LogP contribution < -0.4 is 4.80 Å². The average Bonchev–Trinajstić information content (AvgIpc) is 2.41. The van der Waals surface area contributed by atoms with Gasteiger partial charge in [0, 0.05) is 21.1 Å². The third kappa shape index (κ3) is 12.3. The van der Waals surface area contributed by atoms with Crippen molar-refractivity contribution in [3.05, 3.63) is 0 Å². The first-order chi connectivity index (χ1) is 9.07. The predicted molar refractivity (Wildman–Crippen MR) is 116 cm³/mol. The summed E-state index contributed by atoms with van der Waals surface area (Å²) in [5.74, 6) is 0. The molecule has 0 fully saturated rings. The fourth-order valence-electron chi connectivity index (χ4n) is 3.34. The smallest absolute Gasteiger partial charge is 0.0757 e. The summed E-state index contributed by atoms with van der Waals surface area (Å²) in [6.07, 6.45) is 0. The van der Waals surface area contributed by atoms with Crippen molar-refractivity contribution in [2.45, 2.75) is 85.9 Å².